The molecule has 230 valence electrons. The van der Waals surface area contributed by atoms with Crippen LogP contribution in [0.3, 0.4) is 0 Å². The number of carbonyl (C=O) groups is 2. The molecule has 3 rings (SSSR count). The normalized spacial score (nSPS) is 11.2. The standard InChI is InChI=1S/C28H34ClN7O7/c1-2-3-10-25-32-26(29)24(18-41-19-37)34(25)17-20-11-13-21(14-12-20)22-8-4-5-9-23(22)27(30)33-35(31)28(38)42-15-6-7-16-43-36(39)40/h4-5,8-9,11-14,19H,2-3,6-7,10,15-18,31H2,1H3,(H2,30,33). The quantitative estimate of drug-likeness (QED) is 0.0325. The summed E-state index contributed by atoms with van der Waals surface area (Å²) >= 11 is 6.37. The van der Waals surface area contributed by atoms with Gasteiger partial charge in [-0.15, -0.1) is 20.3 Å². The molecule has 1 heterocycles. The van der Waals surface area contributed by atoms with Gasteiger partial charge >= 0.3 is 6.09 Å². The number of imidazole rings is 1. The van der Waals surface area contributed by atoms with Gasteiger partial charge in [0.05, 0.1) is 18.9 Å². The van der Waals surface area contributed by atoms with Gasteiger partial charge in [0, 0.05) is 18.5 Å². The van der Waals surface area contributed by atoms with Crippen LogP contribution in [0, 0.1) is 10.1 Å². The van der Waals surface area contributed by atoms with Crippen molar-refractivity contribution in [3.63, 3.8) is 0 Å². The Kier molecular flexibility index (Phi) is 12.7. The number of unbranched alkanes of at least 4 members (excludes halogenated alkanes) is 2. The topological polar surface area (TPSA) is 190 Å². The van der Waals surface area contributed by atoms with E-state index in [9.17, 15) is 19.7 Å². The number of hydrazone groups is 1. The van der Waals surface area contributed by atoms with E-state index >= 15 is 0 Å². The van der Waals surface area contributed by atoms with E-state index in [1.807, 2.05) is 41.0 Å². The molecule has 0 aliphatic heterocycles. The van der Waals surface area contributed by atoms with Crippen LogP contribution in [-0.4, -0.2) is 51.4 Å². The third kappa shape index (κ3) is 9.68. The molecule has 0 aliphatic rings. The lowest BCUT2D eigenvalue weighted by molar-refractivity contribution is -0.757. The second kappa shape index (κ2) is 16.7. The Labute approximate surface area is 253 Å². The Hall–Kier alpha value is -4.69. The van der Waals surface area contributed by atoms with Crippen LogP contribution in [0.15, 0.2) is 53.6 Å². The Morgan fingerprint density at radius 2 is 1.88 bits per heavy atom. The summed E-state index contributed by atoms with van der Waals surface area (Å²) in [6.07, 6.45) is 2.41. The summed E-state index contributed by atoms with van der Waals surface area (Å²) < 4.78 is 12.0. The van der Waals surface area contributed by atoms with Crippen LogP contribution in [0.5, 0.6) is 0 Å². The SMILES string of the molecule is CCCCc1nc(Cl)c(COC=O)n1Cc1ccc(-c2ccccc2/C(N)=N/N(N)C(=O)OCCCCO[N+](=O)[O-])cc1. The second-order valence-electron chi connectivity index (χ2n) is 9.31. The first-order valence-electron chi connectivity index (χ1n) is 13.6. The van der Waals surface area contributed by atoms with Crippen LogP contribution in [0.4, 0.5) is 4.79 Å². The number of benzene rings is 2. The molecule has 0 spiro atoms. The average Bonchev–Trinajstić information content (AvgIpc) is 3.29. The molecule has 0 aliphatic carbocycles. The minimum Gasteiger partial charge on any atom is -0.461 e. The summed E-state index contributed by atoms with van der Waals surface area (Å²) in [6.45, 7) is 2.86. The van der Waals surface area contributed by atoms with Crippen molar-refractivity contribution < 1.29 is 29.0 Å². The third-order valence-corrected chi connectivity index (χ3v) is 6.62. The van der Waals surface area contributed by atoms with E-state index in [2.05, 4.69) is 21.8 Å². The maximum atomic E-state index is 12.2. The zero-order valence-corrected chi connectivity index (χ0v) is 24.4. The molecule has 0 saturated carbocycles. The molecule has 0 fully saturated rings. The van der Waals surface area contributed by atoms with Crippen molar-refractivity contribution >= 4 is 30.0 Å². The number of amidine groups is 1. The highest BCUT2D eigenvalue weighted by atomic mass is 35.5. The van der Waals surface area contributed by atoms with Crippen LogP contribution in [0.2, 0.25) is 5.15 Å². The smallest absolute Gasteiger partial charge is 0.445 e. The summed E-state index contributed by atoms with van der Waals surface area (Å²) in [6, 6.07) is 15.1. The van der Waals surface area contributed by atoms with E-state index in [1.54, 1.807) is 12.1 Å². The van der Waals surface area contributed by atoms with Gasteiger partial charge in [-0.05, 0) is 36.0 Å². The number of ether oxygens (including phenoxy) is 2. The molecule has 1 aromatic heterocycles. The van der Waals surface area contributed by atoms with Crippen molar-refractivity contribution in [1.82, 2.24) is 14.7 Å². The number of hydrogen-bond donors (Lipinski definition) is 2. The molecule has 0 bridgehead atoms. The van der Waals surface area contributed by atoms with Crippen LogP contribution >= 0.6 is 11.6 Å². The van der Waals surface area contributed by atoms with Gasteiger partial charge in [-0.1, -0.05) is 73.5 Å². The first-order chi connectivity index (χ1) is 20.7. The van der Waals surface area contributed by atoms with Gasteiger partial charge in [-0.2, -0.15) is 0 Å². The molecular formula is C28H34ClN7O7. The van der Waals surface area contributed by atoms with Gasteiger partial charge in [-0.3, -0.25) is 4.79 Å². The highest BCUT2D eigenvalue weighted by molar-refractivity contribution is 6.30. The highest BCUT2D eigenvalue weighted by Crippen LogP contribution is 2.26. The van der Waals surface area contributed by atoms with Crippen molar-refractivity contribution in [1.29, 1.82) is 0 Å². The molecule has 15 heteroatoms. The van der Waals surface area contributed by atoms with Gasteiger partial charge in [0.25, 0.3) is 11.6 Å². The van der Waals surface area contributed by atoms with E-state index in [4.69, 9.17) is 32.7 Å². The van der Waals surface area contributed by atoms with Gasteiger partial charge in [0.2, 0.25) is 0 Å². The van der Waals surface area contributed by atoms with Crippen molar-refractivity contribution in [2.24, 2.45) is 16.7 Å². The fraction of sp³-hybridized carbons (Fsp3) is 0.357. The van der Waals surface area contributed by atoms with Crippen molar-refractivity contribution in [2.75, 3.05) is 13.2 Å². The van der Waals surface area contributed by atoms with Gasteiger partial charge in [0.1, 0.15) is 12.4 Å². The Balaban J connectivity index is 1.72. The number of amides is 1. The van der Waals surface area contributed by atoms with Crippen molar-refractivity contribution in [3.05, 3.63) is 86.4 Å². The van der Waals surface area contributed by atoms with Crippen LogP contribution in [0.25, 0.3) is 11.1 Å². The van der Waals surface area contributed by atoms with Gasteiger partial charge < -0.3 is 24.6 Å². The fourth-order valence-electron chi connectivity index (χ4n) is 4.18. The molecule has 2 aromatic carbocycles. The number of hydrogen-bond acceptors (Lipinski definition) is 10. The molecular weight excluding hydrogens is 582 g/mol. The maximum absolute atomic E-state index is 12.2. The molecule has 0 atom stereocenters. The van der Waals surface area contributed by atoms with Crippen LogP contribution in [0.1, 0.15) is 55.3 Å². The van der Waals surface area contributed by atoms with Gasteiger partial charge in [-0.25, -0.2) is 15.6 Å². The first-order valence-corrected chi connectivity index (χ1v) is 13.9. The number of carbonyl (C=O) groups excluding carboxylic acids is 2. The largest absolute Gasteiger partial charge is 0.461 e. The number of aryl methyl sites for hydroxylation is 1. The van der Waals surface area contributed by atoms with Crippen molar-refractivity contribution in [2.45, 2.75) is 52.2 Å². The molecule has 43 heavy (non-hydrogen) atoms. The number of nitrogens with two attached hydrogens (primary N) is 2. The fourth-order valence-corrected chi connectivity index (χ4v) is 4.43. The summed E-state index contributed by atoms with van der Waals surface area (Å²) in [5.41, 5.74) is 9.99. The molecule has 3 aromatic rings. The predicted octanol–water partition coefficient (Wildman–Crippen LogP) is 4.19. The molecule has 0 saturated heterocycles. The maximum Gasteiger partial charge on any atom is 0.445 e. The van der Waals surface area contributed by atoms with E-state index < -0.39 is 11.2 Å². The summed E-state index contributed by atoms with van der Waals surface area (Å²) in [4.78, 5) is 41.8. The third-order valence-electron chi connectivity index (χ3n) is 6.32. The lowest BCUT2D eigenvalue weighted by Gasteiger charge is -2.15. The monoisotopic (exact) mass is 615 g/mol. The van der Waals surface area contributed by atoms with Crippen LogP contribution in [-0.2, 0) is 38.7 Å². The van der Waals surface area contributed by atoms with E-state index in [-0.39, 0.29) is 25.7 Å². The number of halogens is 1. The molecule has 0 radical (unpaired) electrons. The molecule has 0 unspecified atom stereocenters. The van der Waals surface area contributed by atoms with Crippen molar-refractivity contribution in [3.8, 4) is 11.1 Å². The zero-order chi connectivity index (χ0) is 31.2. The summed E-state index contributed by atoms with van der Waals surface area (Å²) in [5, 5.41) is 14.1. The number of hydrazine groups is 1. The molecule has 1 amide bonds. The van der Waals surface area contributed by atoms with E-state index in [1.165, 1.54) is 0 Å². The number of nitrogens with zero attached hydrogens (tertiary/aromatic N) is 5. The predicted molar refractivity (Wildman–Crippen MR) is 158 cm³/mol. The lowest BCUT2D eigenvalue weighted by atomic mass is 9.98. The first kappa shape index (κ1) is 32.8. The number of aromatic nitrogens is 2. The second-order valence-corrected chi connectivity index (χ2v) is 9.67. The Morgan fingerprint density at radius 3 is 2.58 bits per heavy atom. The van der Waals surface area contributed by atoms with Crippen LogP contribution < -0.4 is 11.6 Å². The minimum absolute atomic E-state index is 0.00745. The lowest BCUT2D eigenvalue weighted by Crippen LogP contribution is -2.36. The van der Waals surface area contributed by atoms with Gasteiger partial charge in [0.15, 0.2) is 11.0 Å². The minimum atomic E-state index is -0.934. The molecule has 14 nitrogen and oxygen atoms in total. The zero-order valence-electron chi connectivity index (χ0n) is 23.7. The molecule has 4 N–H and O–H groups in total. The van der Waals surface area contributed by atoms with E-state index in [0.29, 0.717) is 47.4 Å². The highest BCUT2D eigenvalue weighted by Gasteiger charge is 2.17. The summed E-state index contributed by atoms with van der Waals surface area (Å²) in [5.74, 6) is 6.55. The van der Waals surface area contributed by atoms with E-state index in [0.717, 1.165) is 41.8 Å². The average molecular weight is 616 g/mol. The summed E-state index contributed by atoms with van der Waals surface area (Å²) in [7, 11) is 0. The Bertz CT molecular complexity index is 1410. The number of rotatable bonds is 17. The Morgan fingerprint density at radius 1 is 1.16 bits per heavy atom.